The molecule has 2 aliphatic rings. The molecule has 0 aliphatic carbocycles. The summed E-state index contributed by atoms with van der Waals surface area (Å²) in [5.74, 6) is 0.457. The number of nitrogen functional groups attached to an aromatic ring is 1. The summed E-state index contributed by atoms with van der Waals surface area (Å²) in [4.78, 5) is 11.1. The van der Waals surface area contributed by atoms with Gasteiger partial charge in [-0.15, -0.1) is 0 Å². The second kappa shape index (κ2) is 9.50. The standard InChI is InChI=1S/C23H29ClF3N7/c1-4-33-7-5-18(6-8-33)34-12-19-20(13-32(34)3)30-22(24)31-21(19)29-14(2)15-9-16(23(25,26)27)11-17(28)10-15/h9-14,18H,4-8,28H2,1-3H3,(H,29,30,31)/t14-/m1/s1. The van der Waals surface area contributed by atoms with Crippen molar-refractivity contribution in [2.75, 3.05) is 37.7 Å². The molecule has 1 aromatic carbocycles. The average Bonchev–Trinajstić information content (AvgIpc) is 2.77. The van der Waals surface area contributed by atoms with Gasteiger partial charge in [-0.05, 0) is 61.7 Å². The molecule has 0 saturated carbocycles. The van der Waals surface area contributed by atoms with Crippen LogP contribution in [-0.4, -0.2) is 57.6 Å². The van der Waals surface area contributed by atoms with Gasteiger partial charge in [-0.25, -0.2) is 9.97 Å². The number of hydrogen-bond acceptors (Lipinski definition) is 7. The lowest BCUT2D eigenvalue weighted by atomic mass is 10.0. The number of aromatic nitrogens is 2. The highest BCUT2D eigenvalue weighted by Gasteiger charge is 2.31. The van der Waals surface area contributed by atoms with Crippen LogP contribution in [0.1, 0.15) is 43.9 Å². The highest BCUT2D eigenvalue weighted by molar-refractivity contribution is 6.28. The number of rotatable bonds is 5. The fraction of sp³-hybridized carbons (Fsp3) is 0.478. The number of hydrogen-bond donors (Lipinski definition) is 2. The Bertz CT molecular complexity index is 1160. The van der Waals surface area contributed by atoms with E-state index in [1.165, 1.54) is 6.07 Å². The van der Waals surface area contributed by atoms with Crippen molar-refractivity contribution >= 4 is 35.5 Å². The Morgan fingerprint density at radius 1 is 1.18 bits per heavy atom. The van der Waals surface area contributed by atoms with Gasteiger partial charge in [0.2, 0.25) is 5.28 Å². The average molecular weight is 496 g/mol. The molecule has 3 N–H and O–H groups in total. The second-order valence-electron chi connectivity index (χ2n) is 8.77. The summed E-state index contributed by atoms with van der Waals surface area (Å²) in [6.07, 6.45) is 1.45. The third-order valence-corrected chi connectivity index (χ3v) is 6.59. The Morgan fingerprint density at radius 3 is 2.53 bits per heavy atom. The summed E-state index contributed by atoms with van der Waals surface area (Å²) >= 11 is 6.18. The Labute approximate surface area is 201 Å². The number of hydrazine groups is 1. The first-order valence-electron chi connectivity index (χ1n) is 11.3. The number of piperidine rings is 1. The maximum Gasteiger partial charge on any atom is 0.416 e. The molecule has 1 saturated heterocycles. The monoisotopic (exact) mass is 495 g/mol. The molecule has 0 unspecified atom stereocenters. The lowest BCUT2D eigenvalue weighted by molar-refractivity contribution is -0.137. The van der Waals surface area contributed by atoms with Gasteiger partial charge in [0.05, 0.1) is 28.2 Å². The van der Waals surface area contributed by atoms with E-state index in [0.29, 0.717) is 22.8 Å². The van der Waals surface area contributed by atoms with Crippen LogP contribution in [0.4, 0.5) is 24.7 Å². The predicted octanol–water partition coefficient (Wildman–Crippen LogP) is 3.03. The van der Waals surface area contributed by atoms with Crippen molar-refractivity contribution in [1.82, 2.24) is 24.9 Å². The Kier molecular flexibility index (Phi) is 6.82. The molecular weight excluding hydrogens is 467 g/mol. The summed E-state index contributed by atoms with van der Waals surface area (Å²) < 4.78 is 39.8. The first-order chi connectivity index (χ1) is 16.0. The van der Waals surface area contributed by atoms with Crippen molar-refractivity contribution < 1.29 is 13.2 Å². The van der Waals surface area contributed by atoms with Crippen molar-refractivity contribution in [3.05, 3.63) is 45.2 Å². The number of benzene rings is 1. The summed E-state index contributed by atoms with van der Waals surface area (Å²) in [5, 5.41) is 8.83. The topological polar surface area (TPSA) is 73.5 Å². The number of nitrogens with zero attached hydrogens (tertiary/aromatic N) is 5. The second-order valence-corrected chi connectivity index (χ2v) is 9.11. The fourth-order valence-corrected chi connectivity index (χ4v) is 4.68. The van der Waals surface area contributed by atoms with E-state index < -0.39 is 17.8 Å². The smallest absolute Gasteiger partial charge is 0.399 e. The number of nitrogens with one attached hydrogen (secondary N) is 1. The van der Waals surface area contributed by atoms with E-state index in [0.717, 1.165) is 49.8 Å². The van der Waals surface area contributed by atoms with E-state index >= 15 is 0 Å². The molecular formula is C23H29ClF3N7. The number of alkyl halides is 3. The van der Waals surface area contributed by atoms with Crippen LogP contribution in [0, 0.1) is 0 Å². The Hall–Kier alpha value is -2.72. The van der Waals surface area contributed by atoms with Gasteiger partial charge in [0.25, 0.3) is 0 Å². The SMILES string of the molecule is CCN1CCC(N2C=c3c(N[C@H](C)c4cc(N)cc(C(F)(F)F)c4)nc(Cl)nc3=CN2C)CC1. The maximum atomic E-state index is 13.3. The first kappa shape index (κ1) is 24.4. The summed E-state index contributed by atoms with van der Waals surface area (Å²) in [6, 6.07) is 3.37. The van der Waals surface area contributed by atoms with Crippen molar-refractivity contribution in [3.63, 3.8) is 0 Å². The van der Waals surface area contributed by atoms with Crippen LogP contribution < -0.4 is 21.6 Å². The van der Waals surface area contributed by atoms with Crippen molar-refractivity contribution in [2.45, 2.75) is 44.9 Å². The lowest BCUT2D eigenvalue weighted by Gasteiger charge is -2.42. The third kappa shape index (κ3) is 5.17. The largest absolute Gasteiger partial charge is 0.416 e. The van der Waals surface area contributed by atoms with Gasteiger partial charge in [-0.3, -0.25) is 10.0 Å². The molecule has 2 aromatic rings. The Morgan fingerprint density at radius 2 is 1.88 bits per heavy atom. The van der Waals surface area contributed by atoms with Gasteiger partial charge in [0, 0.05) is 38.2 Å². The number of nitrogens with two attached hydrogens (primary N) is 1. The minimum Gasteiger partial charge on any atom is -0.399 e. The zero-order valence-corrected chi connectivity index (χ0v) is 20.2. The molecule has 11 heteroatoms. The molecule has 0 spiro atoms. The molecule has 184 valence electrons. The molecule has 1 atom stereocenters. The van der Waals surface area contributed by atoms with E-state index in [4.69, 9.17) is 17.3 Å². The number of anilines is 2. The molecule has 1 fully saturated rings. The fourth-order valence-electron chi connectivity index (χ4n) is 4.50. The van der Waals surface area contributed by atoms with E-state index in [1.54, 1.807) is 6.92 Å². The van der Waals surface area contributed by atoms with E-state index in [-0.39, 0.29) is 11.0 Å². The molecule has 0 bridgehead atoms. The normalized spacial score (nSPS) is 18.2. The van der Waals surface area contributed by atoms with Crippen LogP contribution in [0.5, 0.6) is 0 Å². The molecule has 7 nitrogen and oxygen atoms in total. The van der Waals surface area contributed by atoms with E-state index in [2.05, 4.69) is 32.1 Å². The third-order valence-electron chi connectivity index (χ3n) is 6.42. The molecule has 0 amide bonds. The van der Waals surface area contributed by atoms with Crippen molar-refractivity contribution in [2.24, 2.45) is 0 Å². The number of likely N-dealkylation sites (tertiary alicyclic amines) is 1. The Balaban J connectivity index is 1.66. The number of fused-ring (bicyclic) bond motifs is 1. The summed E-state index contributed by atoms with van der Waals surface area (Å²) in [7, 11) is 1.96. The molecule has 0 radical (unpaired) electrons. The maximum absolute atomic E-state index is 13.3. The van der Waals surface area contributed by atoms with Gasteiger partial charge < -0.3 is 16.0 Å². The van der Waals surface area contributed by atoms with Crippen LogP contribution >= 0.6 is 11.6 Å². The molecule has 34 heavy (non-hydrogen) atoms. The van der Waals surface area contributed by atoms with Gasteiger partial charge >= 0.3 is 6.18 Å². The molecule has 2 aliphatic heterocycles. The zero-order chi connectivity index (χ0) is 24.6. The zero-order valence-electron chi connectivity index (χ0n) is 19.4. The van der Waals surface area contributed by atoms with Gasteiger partial charge in [-0.2, -0.15) is 13.2 Å². The highest BCUT2D eigenvalue weighted by atomic mass is 35.5. The van der Waals surface area contributed by atoms with Crippen LogP contribution in [0.3, 0.4) is 0 Å². The highest BCUT2D eigenvalue weighted by Crippen LogP contribution is 2.33. The molecule has 1 aromatic heterocycles. The van der Waals surface area contributed by atoms with Gasteiger partial charge in [-0.1, -0.05) is 6.92 Å². The van der Waals surface area contributed by atoms with Crippen LogP contribution in [0.2, 0.25) is 5.28 Å². The summed E-state index contributed by atoms with van der Waals surface area (Å²) in [6.45, 7) is 7.03. The predicted molar refractivity (Wildman–Crippen MR) is 128 cm³/mol. The van der Waals surface area contributed by atoms with Crippen molar-refractivity contribution in [3.8, 4) is 0 Å². The van der Waals surface area contributed by atoms with Gasteiger partial charge in [0.1, 0.15) is 5.82 Å². The lowest BCUT2D eigenvalue weighted by Crippen LogP contribution is -2.52. The quantitative estimate of drug-likeness (QED) is 0.488. The van der Waals surface area contributed by atoms with E-state index in [9.17, 15) is 13.2 Å². The first-order valence-corrected chi connectivity index (χ1v) is 11.7. The van der Waals surface area contributed by atoms with Crippen LogP contribution in [0.15, 0.2) is 18.2 Å². The minimum atomic E-state index is -4.48. The van der Waals surface area contributed by atoms with Crippen LogP contribution in [-0.2, 0) is 6.18 Å². The molecule has 3 heterocycles. The van der Waals surface area contributed by atoms with Gasteiger partial charge in [0.15, 0.2) is 0 Å². The van der Waals surface area contributed by atoms with Crippen LogP contribution in [0.25, 0.3) is 12.4 Å². The summed E-state index contributed by atoms with van der Waals surface area (Å²) in [5.41, 5.74) is 5.42. The molecule has 4 rings (SSSR count). The minimum absolute atomic E-state index is 0.0485. The van der Waals surface area contributed by atoms with E-state index in [1.807, 2.05) is 24.5 Å². The van der Waals surface area contributed by atoms with Crippen molar-refractivity contribution in [1.29, 1.82) is 0 Å². The number of halogens is 4.